The van der Waals surface area contributed by atoms with Crippen molar-refractivity contribution in [3.63, 3.8) is 0 Å². The van der Waals surface area contributed by atoms with Gasteiger partial charge in [0.05, 0.1) is 12.3 Å². The van der Waals surface area contributed by atoms with Gasteiger partial charge < -0.3 is 14.9 Å². The SMILES string of the molecule is O=C(O)c1cc(OCc2ccccc2)cc(CO)n1. The summed E-state index contributed by atoms with van der Waals surface area (Å²) in [5, 5.41) is 18.0. The molecule has 0 saturated carbocycles. The summed E-state index contributed by atoms with van der Waals surface area (Å²) < 4.78 is 5.51. The average Bonchev–Trinajstić information content (AvgIpc) is 2.45. The molecule has 0 unspecified atom stereocenters. The van der Waals surface area contributed by atoms with E-state index in [1.54, 1.807) is 0 Å². The highest BCUT2D eigenvalue weighted by atomic mass is 16.5. The molecule has 1 aromatic heterocycles. The van der Waals surface area contributed by atoms with E-state index in [9.17, 15) is 4.79 Å². The van der Waals surface area contributed by atoms with Gasteiger partial charge in [-0.15, -0.1) is 0 Å². The van der Waals surface area contributed by atoms with Gasteiger partial charge in [0.2, 0.25) is 0 Å². The second-order valence-corrected chi connectivity index (χ2v) is 3.92. The van der Waals surface area contributed by atoms with Crippen LogP contribution >= 0.6 is 0 Å². The van der Waals surface area contributed by atoms with Crippen LogP contribution < -0.4 is 4.74 Å². The number of carboxylic acids is 1. The minimum absolute atomic E-state index is 0.144. The first-order valence-corrected chi connectivity index (χ1v) is 5.71. The molecule has 0 amide bonds. The van der Waals surface area contributed by atoms with Gasteiger partial charge in [-0.05, 0) is 5.56 Å². The molecule has 1 aromatic carbocycles. The fraction of sp³-hybridized carbons (Fsp3) is 0.143. The Kier molecular flexibility index (Phi) is 4.10. The Morgan fingerprint density at radius 1 is 1.21 bits per heavy atom. The van der Waals surface area contributed by atoms with E-state index >= 15 is 0 Å². The van der Waals surface area contributed by atoms with Crippen LogP contribution in [0.5, 0.6) is 5.75 Å². The molecule has 0 saturated heterocycles. The van der Waals surface area contributed by atoms with Gasteiger partial charge in [0.25, 0.3) is 0 Å². The van der Waals surface area contributed by atoms with Crippen molar-refractivity contribution in [1.82, 2.24) is 4.98 Å². The maximum absolute atomic E-state index is 10.9. The molecule has 0 radical (unpaired) electrons. The highest BCUT2D eigenvalue weighted by molar-refractivity contribution is 5.85. The van der Waals surface area contributed by atoms with Crippen LogP contribution in [0.3, 0.4) is 0 Å². The third-order valence-electron chi connectivity index (χ3n) is 2.48. The summed E-state index contributed by atoms with van der Waals surface area (Å²) in [6, 6.07) is 12.4. The molecule has 0 aliphatic heterocycles. The summed E-state index contributed by atoms with van der Waals surface area (Å²) >= 11 is 0. The summed E-state index contributed by atoms with van der Waals surface area (Å²) in [5.74, 6) is -0.778. The van der Waals surface area contributed by atoms with Crippen molar-refractivity contribution in [2.24, 2.45) is 0 Å². The van der Waals surface area contributed by atoms with Gasteiger partial charge in [0.1, 0.15) is 12.4 Å². The maximum atomic E-state index is 10.9. The molecular formula is C14H13NO4. The number of hydrogen-bond acceptors (Lipinski definition) is 4. The lowest BCUT2D eigenvalue weighted by Crippen LogP contribution is -2.05. The highest BCUT2D eigenvalue weighted by Crippen LogP contribution is 2.16. The lowest BCUT2D eigenvalue weighted by molar-refractivity contribution is 0.0689. The molecule has 0 spiro atoms. The van der Waals surface area contributed by atoms with Crippen LogP contribution in [0.2, 0.25) is 0 Å². The Hall–Kier alpha value is -2.40. The lowest BCUT2D eigenvalue weighted by Gasteiger charge is -2.08. The van der Waals surface area contributed by atoms with Crippen LogP contribution in [0.4, 0.5) is 0 Å². The van der Waals surface area contributed by atoms with Crippen LogP contribution in [0.15, 0.2) is 42.5 Å². The molecule has 19 heavy (non-hydrogen) atoms. The Labute approximate surface area is 110 Å². The number of aliphatic hydroxyl groups excluding tert-OH is 1. The second-order valence-electron chi connectivity index (χ2n) is 3.92. The first-order valence-electron chi connectivity index (χ1n) is 5.71. The monoisotopic (exact) mass is 259 g/mol. The minimum atomic E-state index is -1.15. The number of ether oxygens (including phenoxy) is 1. The fourth-order valence-corrected chi connectivity index (χ4v) is 1.57. The third-order valence-corrected chi connectivity index (χ3v) is 2.48. The number of nitrogens with zero attached hydrogens (tertiary/aromatic N) is 1. The molecular weight excluding hydrogens is 246 g/mol. The number of benzene rings is 1. The topological polar surface area (TPSA) is 79.7 Å². The summed E-state index contributed by atoms with van der Waals surface area (Å²) in [7, 11) is 0. The van der Waals surface area contributed by atoms with Crippen molar-refractivity contribution >= 4 is 5.97 Å². The Morgan fingerprint density at radius 2 is 1.95 bits per heavy atom. The van der Waals surface area contributed by atoms with Crippen molar-refractivity contribution in [1.29, 1.82) is 0 Å². The number of carbonyl (C=O) groups is 1. The zero-order valence-electron chi connectivity index (χ0n) is 10.1. The third kappa shape index (κ3) is 3.53. The largest absolute Gasteiger partial charge is 0.489 e. The number of aliphatic hydroxyl groups is 1. The summed E-state index contributed by atoms with van der Waals surface area (Å²) in [5.41, 5.74) is 1.10. The molecule has 2 aromatic rings. The van der Waals surface area contributed by atoms with Crippen molar-refractivity contribution in [2.45, 2.75) is 13.2 Å². The maximum Gasteiger partial charge on any atom is 0.354 e. The molecule has 5 heteroatoms. The van der Waals surface area contributed by atoms with Crippen LogP contribution in [0, 0.1) is 0 Å². The van der Waals surface area contributed by atoms with Gasteiger partial charge in [-0.1, -0.05) is 30.3 Å². The number of pyridine rings is 1. The molecule has 2 rings (SSSR count). The van der Waals surface area contributed by atoms with E-state index in [-0.39, 0.29) is 18.0 Å². The smallest absolute Gasteiger partial charge is 0.354 e. The minimum Gasteiger partial charge on any atom is -0.489 e. The molecule has 1 heterocycles. The normalized spacial score (nSPS) is 10.2. The zero-order valence-corrected chi connectivity index (χ0v) is 10.1. The van der Waals surface area contributed by atoms with Crippen molar-refractivity contribution in [2.75, 3.05) is 0 Å². The molecule has 5 nitrogen and oxygen atoms in total. The van der Waals surface area contributed by atoms with Crippen LogP contribution in [-0.4, -0.2) is 21.2 Å². The molecule has 98 valence electrons. The molecule has 0 atom stereocenters. The summed E-state index contributed by atoms with van der Waals surface area (Å²) in [4.78, 5) is 14.7. The predicted molar refractivity (Wildman–Crippen MR) is 67.9 cm³/mol. The van der Waals surface area contributed by atoms with Crippen molar-refractivity contribution < 1.29 is 19.7 Å². The number of carboxylic acid groups (broad SMARTS) is 1. The van der Waals surface area contributed by atoms with Gasteiger partial charge in [0, 0.05) is 12.1 Å². The van der Waals surface area contributed by atoms with Crippen LogP contribution in [0.1, 0.15) is 21.7 Å². The van der Waals surface area contributed by atoms with E-state index in [1.807, 2.05) is 30.3 Å². The van der Waals surface area contributed by atoms with E-state index < -0.39 is 5.97 Å². The Morgan fingerprint density at radius 3 is 2.58 bits per heavy atom. The predicted octanol–water partition coefficient (Wildman–Crippen LogP) is 1.85. The van der Waals surface area contributed by atoms with E-state index in [1.165, 1.54) is 12.1 Å². The highest BCUT2D eigenvalue weighted by Gasteiger charge is 2.09. The number of aromatic carboxylic acids is 1. The fourth-order valence-electron chi connectivity index (χ4n) is 1.57. The van der Waals surface area contributed by atoms with E-state index in [0.717, 1.165) is 5.56 Å². The van der Waals surface area contributed by atoms with Gasteiger partial charge in [-0.2, -0.15) is 0 Å². The molecule has 0 fully saturated rings. The van der Waals surface area contributed by atoms with Gasteiger partial charge >= 0.3 is 5.97 Å². The number of hydrogen-bond donors (Lipinski definition) is 2. The first-order chi connectivity index (χ1) is 9.19. The molecule has 0 aliphatic carbocycles. The quantitative estimate of drug-likeness (QED) is 0.856. The zero-order chi connectivity index (χ0) is 13.7. The standard InChI is InChI=1S/C14H13NO4/c16-8-11-6-12(7-13(15-11)14(17)18)19-9-10-4-2-1-3-5-10/h1-7,16H,8-9H2,(H,17,18). The molecule has 0 aliphatic rings. The Bertz CT molecular complexity index is 569. The van der Waals surface area contributed by atoms with E-state index in [2.05, 4.69) is 4.98 Å². The number of aromatic nitrogens is 1. The average molecular weight is 259 g/mol. The summed E-state index contributed by atoms with van der Waals surface area (Å²) in [6.07, 6.45) is 0. The van der Waals surface area contributed by atoms with E-state index in [0.29, 0.717) is 12.4 Å². The molecule has 0 bridgehead atoms. The first kappa shape index (κ1) is 13.0. The van der Waals surface area contributed by atoms with Crippen LogP contribution in [-0.2, 0) is 13.2 Å². The van der Waals surface area contributed by atoms with Crippen molar-refractivity contribution in [3.05, 3.63) is 59.4 Å². The second kappa shape index (κ2) is 5.97. The van der Waals surface area contributed by atoms with Gasteiger partial charge in [-0.3, -0.25) is 0 Å². The van der Waals surface area contributed by atoms with Gasteiger partial charge in [-0.25, -0.2) is 9.78 Å². The van der Waals surface area contributed by atoms with Gasteiger partial charge in [0.15, 0.2) is 5.69 Å². The summed E-state index contributed by atoms with van der Waals surface area (Å²) in [6.45, 7) is -0.00238. The van der Waals surface area contributed by atoms with E-state index in [4.69, 9.17) is 14.9 Å². The van der Waals surface area contributed by atoms with Crippen LogP contribution in [0.25, 0.3) is 0 Å². The molecule has 2 N–H and O–H groups in total. The lowest BCUT2D eigenvalue weighted by atomic mass is 10.2. The van der Waals surface area contributed by atoms with Crippen molar-refractivity contribution in [3.8, 4) is 5.75 Å². The number of rotatable bonds is 5. The Balaban J connectivity index is 2.15.